The molecule has 3 aromatic rings. The Hall–Kier alpha value is -3.25. The Morgan fingerprint density at radius 1 is 1.06 bits per heavy atom. The average molecular weight is 459 g/mol. The van der Waals surface area contributed by atoms with Gasteiger partial charge in [0.2, 0.25) is 0 Å². The van der Waals surface area contributed by atoms with Gasteiger partial charge < -0.3 is 15.0 Å². The van der Waals surface area contributed by atoms with Crippen molar-refractivity contribution < 1.29 is 9.53 Å². The summed E-state index contributed by atoms with van der Waals surface area (Å²) in [6.07, 6.45) is 4.86. The van der Waals surface area contributed by atoms with Crippen LogP contribution in [0.1, 0.15) is 54.4 Å². The van der Waals surface area contributed by atoms with Gasteiger partial charge in [0.05, 0.1) is 5.69 Å². The average Bonchev–Trinajstić information content (AvgIpc) is 2.88. The molecular formula is C28H34N4O2. The van der Waals surface area contributed by atoms with Crippen LogP contribution in [0, 0.1) is 0 Å². The summed E-state index contributed by atoms with van der Waals surface area (Å²) in [6.45, 7) is 4.68. The zero-order valence-corrected chi connectivity index (χ0v) is 20.2. The number of carbonyl (C=O) groups excluding carboxylic acids is 1. The first-order valence-electron chi connectivity index (χ1n) is 12.3. The highest BCUT2D eigenvalue weighted by molar-refractivity contribution is 5.93. The van der Waals surface area contributed by atoms with E-state index in [0.29, 0.717) is 12.3 Å². The molecule has 0 atom stereocenters. The predicted molar refractivity (Wildman–Crippen MR) is 135 cm³/mol. The Kier molecular flexibility index (Phi) is 8.26. The molecule has 6 nitrogen and oxygen atoms in total. The number of nitrogens with zero attached hydrogens (tertiary/aromatic N) is 3. The maximum atomic E-state index is 12.9. The van der Waals surface area contributed by atoms with Crippen LogP contribution in [0.2, 0.25) is 0 Å². The molecule has 0 bridgehead atoms. The van der Waals surface area contributed by atoms with E-state index >= 15 is 0 Å². The van der Waals surface area contributed by atoms with Gasteiger partial charge in [-0.05, 0) is 75.1 Å². The monoisotopic (exact) mass is 458 g/mol. The maximum Gasteiger partial charge on any atom is 0.272 e. The van der Waals surface area contributed by atoms with Crippen LogP contribution < -0.4 is 10.1 Å². The molecule has 1 fully saturated rings. The Balaban J connectivity index is 1.49. The highest BCUT2D eigenvalue weighted by atomic mass is 16.5. The van der Waals surface area contributed by atoms with Crippen LogP contribution in [0.3, 0.4) is 0 Å². The van der Waals surface area contributed by atoms with Crippen molar-refractivity contribution in [1.82, 2.24) is 20.4 Å². The largest absolute Gasteiger partial charge is 0.489 e. The first-order chi connectivity index (χ1) is 16.6. The molecule has 2 heterocycles. The summed E-state index contributed by atoms with van der Waals surface area (Å²) in [5.74, 6) is 0.665. The molecule has 4 rings (SSSR count). The van der Waals surface area contributed by atoms with E-state index in [1.54, 1.807) is 0 Å². The normalized spacial score (nSPS) is 14.6. The number of likely N-dealkylation sites (tertiary alicyclic amines) is 1. The van der Waals surface area contributed by atoms with E-state index in [2.05, 4.69) is 46.5 Å². The van der Waals surface area contributed by atoms with Crippen molar-refractivity contribution in [3.05, 3.63) is 77.6 Å². The summed E-state index contributed by atoms with van der Waals surface area (Å²) in [7, 11) is 2.11. The lowest BCUT2D eigenvalue weighted by Crippen LogP contribution is -2.43. The summed E-state index contributed by atoms with van der Waals surface area (Å²) < 4.78 is 5.94. The van der Waals surface area contributed by atoms with Crippen LogP contribution in [-0.2, 0) is 13.0 Å². The fraction of sp³-hybridized carbons (Fsp3) is 0.393. The highest BCUT2D eigenvalue weighted by Crippen LogP contribution is 2.27. The second-order valence-electron chi connectivity index (χ2n) is 9.04. The number of nitrogens with one attached hydrogen (secondary N) is 1. The van der Waals surface area contributed by atoms with E-state index in [0.717, 1.165) is 73.3 Å². The fourth-order valence-electron chi connectivity index (χ4n) is 4.19. The smallest absolute Gasteiger partial charge is 0.272 e. The standard InChI is InChI=1S/C28H34N4O2/c1-3-4-10-26-25(19-27(31-30-26)28(33)29-23-15-17-32(2)18-16-23)22-11-13-24(14-12-22)34-20-21-8-6-5-7-9-21/h5-9,11-14,19,23H,3-4,10,15-18,20H2,1-2H3,(H,29,33). The summed E-state index contributed by atoms with van der Waals surface area (Å²) in [4.78, 5) is 15.2. The van der Waals surface area contributed by atoms with Crippen molar-refractivity contribution in [2.75, 3.05) is 20.1 Å². The van der Waals surface area contributed by atoms with Crippen molar-refractivity contribution in [3.8, 4) is 16.9 Å². The van der Waals surface area contributed by atoms with Crippen molar-refractivity contribution in [2.24, 2.45) is 0 Å². The van der Waals surface area contributed by atoms with Gasteiger partial charge in [-0.25, -0.2) is 0 Å². The number of benzene rings is 2. The molecular weight excluding hydrogens is 424 g/mol. The zero-order chi connectivity index (χ0) is 23.8. The minimum atomic E-state index is -0.145. The van der Waals surface area contributed by atoms with Gasteiger partial charge in [0.15, 0.2) is 5.69 Å². The molecule has 34 heavy (non-hydrogen) atoms. The van der Waals surface area contributed by atoms with Crippen molar-refractivity contribution in [1.29, 1.82) is 0 Å². The third kappa shape index (κ3) is 6.41. The topological polar surface area (TPSA) is 67.4 Å². The molecule has 0 aliphatic carbocycles. The quantitative estimate of drug-likeness (QED) is 0.495. The first kappa shape index (κ1) is 23.9. The molecule has 1 aromatic heterocycles. The van der Waals surface area contributed by atoms with Crippen molar-refractivity contribution >= 4 is 5.91 Å². The molecule has 1 saturated heterocycles. The van der Waals surface area contributed by atoms with Gasteiger partial charge >= 0.3 is 0 Å². The first-order valence-corrected chi connectivity index (χ1v) is 12.3. The third-order valence-corrected chi connectivity index (χ3v) is 6.34. The lowest BCUT2D eigenvalue weighted by Gasteiger charge is -2.29. The zero-order valence-electron chi connectivity index (χ0n) is 20.2. The number of aryl methyl sites for hydroxylation is 1. The van der Waals surface area contributed by atoms with E-state index < -0.39 is 0 Å². The Morgan fingerprint density at radius 3 is 2.50 bits per heavy atom. The lowest BCUT2D eigenvalue weighted by molar-refractivity contribution is 0.0910. The lowest BCUT2D eigenvalue weighted by atomic mass is 10.00. The van der Waals surface area contributed by atoms with Crippen LogP contribution in [0.5, 0.6) is 5.75 Å². The van der Waals surface area contributed by atoms with Gasteiger partial charge in [0, 0.05) is 11.6 Å². The molecule has 1 N–H and O–H groups in total. The van der Waals surface area contributed by atoms with Crippen LogP contribution in [0.4, 0.5) is 0 Å². The van der Waals surface area contributed by atoms with E-state index in [-0.39, 0.29) is 11.9 Å². The third-order valence-electron chi connectivity index (χ3n) is 6.34. The minimum Gasteiger partial charge on any atom is -0.489 e. The molecule has 178 valence electrons. The highest BCUT2D eigenvalue weighted by Gasteiger charge is 2.21. The predicted octanol–water partition coefficient (Wildman–Crippen LogP) is 4.89. The van der Waals surface area contributed by atoms with Gasteiger partial charge in [-0.2, -0.15) is 5.10 Å². The summed E-state index contributed by atoms with van der Waals surface area (Å²) in [5, 5.41) is 11.9. The number of hydrogen-bond acceptors (Lipinski definition) is 5. The molecule has 2 aromatic carbocycles. The van der Waals surface area contributed by atoms with Crippen molar-refractivity contribution in [3.63, 3.8) is 0 Å². The summed E-state index contributed by atoms with van der Waals surface area (Å²) >= 11 is 0. The number of rotatable bonds is 9. The maximum absolute atomic E-state index is 12.9. The van der Waals surface area contributed by atoms with E-state index in [4.69, 9.17) is 4.74 Å². The second kappa shape index (κ2) is 11.7. The Morgan fingerprint density at radius 2 is 1.79 bits per heavy atom. The van der Waals surface area contributed by atoms with Crippen molar-refractivity contribution in [2.45, 2.75) is 51.7 Å². The fourth-order valence-corrected chi connectivity index (χ4v) is 4.19. The number of unbranched alkanes of at least 4 members (excludes halogenated alkanes) is 1. The molecule has 0 saturated carbocycles. The van der Waals surface area contributed by atoms with Crippen LogP contribution in [-0.4, -0.2) is 47.2 Å². The molecule has 1 amide bonds. The van der Waals surface area contributed by atoms with E-state index in [1.807, 2.05) is 48.5 Å². The van der Waals surface area contributed by atoms with Gasteiger partial charge in [0.1, 0.15) is 12.4 Å². The number of carbonyl (C=O) groups is 1. The molecule has 0 radical (unpaired) electrons. The number of piperidine rings is 1. The van der Waals surface area contributed by atoms with Gasteiger partial charge in [-0.15, -0.1) is 5.10 Å². The Labute approximate surface area is 202 Å². The molecule has 0 spiro atoms. The van der Waals surface area contributed by atoms with Gasteiger partial charge in [-0.1, -0.05) is 55.8 Å². The molecule has 0 unspecified atom stereocenters. The van der Waals surface area contributed by atoms with Gasteiger partial charge in [0.25, 0.3) is 5.91 Å². The number of hydrogen-bond donors (Lipinski definition) is 1. The van der Waals surface area contributed by atoms with Crippen LogP contribution >= 0.6 is 0 Å². The number of amides is 1. The SMILES string of the molecule is CCCCc1nnc(C(=O)NC2CCN(C)CC2)cc1-c1ccc(OCc2ccccc2)cc1. The molecule has 1 aliphatic heterocycles. The van der Waals surface area contributed by atoms with E-state index in [1.165, 1.54) is 0 Å². The Bertz CT molecular complexity index is 1060. The van der Waals surface area contributed by atoms with E-state index in [9.17, 15) is 4.79 Å². The molecule has 1 aliphatic rings. The molecule has 6 heteroatoms. The number of ether oxygens (including phenoxy) is 1. The number of aromatic nitrogens is 2. The second-order valence-corrected chi connectivity index (χ2v) is 9.04. The summed E-state index contributed by atoms with van der Waals surface area (Å²) in [5.41, 5.74) is 4.41. The van der Waals surface area contributed by atoms with Gasteiger partial charge in [-0.3, -0.25) is 4.79 Å². The van der Waals surface area contributed by atoms with Crippen LogP contribution in [0.25, 0.3) is 11.1 Å². The van der Waals surface area contributed by atoms with Crippen LogP contribution in [0.15, 0.2) is 60.7 Å². The minimum absolute atomic E-state index is 0.145. The summed E-state index contributed by atoms with van der Waals surface area (Å²) in [6, 6.07) is 20.2.